The maximum absolute atomic E-state index is 5.57. The van der Waals surface area contributed by atoms with Crippen molar-refractivity contribution in [2.75, 3.05) is 0 Å². The van der Waals surface area contributed by atoms with Crippen LogP contribution in [0.2, 0.25) is 0 Å². The lowest BCUT2D eigenvalue weighted by Gasteiger charge is -2.01. The molecule has 14 heavy (non-hydrogen) atoms. The van der Waals surface area contributed by atoms with E-state index in [0.717, 1.165) is 0 Å². The van der Waals surface area contributed by atoms with Gasteiger partial charge < -0.3 is 5.73 Å². The average molecular weight is 221 g/mol. The molecule has 1 aliphatic rings. The maximum atomic E-state index is 5.57. The smallest absolute Gasteiger partial charge is 0.0357 e. The van der Waals surface area contributed by atoms with Crippen molar-refractivity contribution in [1.29, 1.82) is 0 Å². The predicted molar refractivity (Wildman–Crippen MR) is 65.0 cm³/mol. The summed E-state index contributed by atoms with van der Waals surface area (Å²) >= 11 is 3.48. The van der Waals surface area contributed by atoms with Crippen LogP contribution < -0.4 is 5.73 Å². The first-order chi connectivity index (χ1) is 6.79. The SMILES string of the molecule is CC1=C=CC(c2ccc(CN)s2)=CS1. The highest BCUT2D eigenvalue weighted by molar-refractivity contribution is 8.06. The lowest BCUT2D eigenvalue weighted by Crippen LogP contribution is -1.91. The third-order valence-electron chi connectivity index (χ3n) is 1.94. The van der Waals surface area contributed by atoms with E-state index in [4.69, 9.17) is 5.73 Å². The molecule has 0 aliphatic carbocycles. The van der Waals surface area contributed by atoms with Crippen LogP contribution in [0.5, 0.6) is 0 Å². The van der Waals surface area contributed by atoms with E-state index in [-0.39, 0.29) is 0 Å². The van der Waals surface area contributed by atoms with Gasteiger partial charge in [-0.3, -0.25) is 0 Å². The van der Waals surface area contributed by atoms with Gasteiger partial charge in [-0.05, 0) is 30.5 Å². The zero-order chi connectivity index (χ0) is 9.97. The minimum absolute atomic E-state index is 0.629. The minimum Gasteiger partial charge on any atom is -0.326 e. The van der Waals surface area contributed by atoms with Gasteiger partial charge in [0.15, 0.2) is 0 Å². The number of nitrogens with two attached hydrogens (primary N) is 1. The molecule has 2 heterocycles. The Hall–Kier alpha value is -0.730. The molecule has 0 aromatic carbocycles. The highest BCUT2D eigenvalue weighted by Gasteiger charge is 2.04. The van der Waals surface area contributed by atoms with Crippen molar-refractivity contribution in [3.05, 3.63) is 44.0 Å². The molecule has 1 aliphatic heterocycles. The van der Waals surface area contributed by atoms with Crippen LogP contribution in [-0.4, -0.2) is 0 Å². The molecular formula is C11H11NS2. The van der Waals surface area contributed by atoms with Crippen molar-refractivity contribution in [2.24, 2.45) is 5.73 Å². The average Bonchev–Trinajstić information content (AvgIpc) is 2.67. The van der Waals surface area contributed by atoms with Crippen molar-refractivity contribution in [3.63, 3.8) is 0 Å². The Bertz CT molecular complexity index is 434. The molecule has 0 spiro atoms. The van der Waals surface area contributed by atoms with Crippen LogP contribution in [0.1, 0.15) is 16.7 Å². The topological polar surface area (TPSA) is 26.0 Å². The van der Waals surface area contributed by atoms with Gasteiger partial charge in [-0.25, -0.2) is 0 Å². The molecule has 1 nitrogen and oxygen atoms in total. The van der Waals surface area contributed by atoms with Gasteiger partial charge in [0, 0.05) is 26.8 Å². The summed E-state index contributed by atoms with van der Waals surface area (Å²) in [6.45, 7) is 2.69. The van der Waals surface area contributed by atoms with Crippen LogP contribution in [0, 0.1) is 0 Å². The molecule has 2 N–H and O–H groups in total. The van der Waals surface area contributed by atoms with Crippen molar-refractivity contribution in [3.8, 4) is 0 Å². The fourth-order valence-corrected chi connectivity index (χ4v) is 2.75. The largest absolute Gasteiger partial charge is 0.326 e. The molecule has 1 aromatic rings. The van der Waals surface area contributed by atoms with Gasteiger partial charge in [-0.1, -0.05) is 11.8 Å². The number of hydrogen-bond acceptors (Lipinski definition) is 3. The van der Waals surface area contributed by atoms with Crippen LogP contribution in [-0.2, 0) is 6.54 Å². The Labute approximate surface area is 92.0 Å². The van der Waals surface area contributed by atoms with E-state index in [9.17, 15) is 0 Å². The molecule has 0 saturated carbocycles. The van der Waals surface area contributed by atoms with E-state index in [1.807, 2.05) is 6.08 Å². The predicted octanol–water partition coefficient (Wildman–Crippen LogP) is 3.35. The second kappa shape index (κ2) is 4.20. The molecule has 72 valence electrons. The first-order valence-corrected chi connectivity index (χ1v) is 6.08. The van der Waals surface area contributed by atoms with Crippen LogP contribution in [0.4, 0.5) is 0 Å². The van der Waals surface area contributed by atoms with Crippen LogP contribution in [0.25, 0.3) is 5.57 Å². The Balaban J connectivity index is 2.29. The molecule has 0 saturated heterocycles. The Morgan fingerprint density at radius 2 is 2.29 bits per heavy atom. The van der Waals surface area contributed by atoms with Gasteiger partial charge in [0.25, 0.3) is 0 Å². The molecule has 0 radical (unpaired) electrons. The summed E-state index contributed by atoms with van der Waals surface area (Å²) in [6, 6.07) is 4.21. The summed E-state index contributed by atoms with van der Waals surface area (Å²) in [4.78, 5) is 3.72. The molecule has 0 fully saturated rings. The van der Waals surface area contributed by atoms with Gasteiger partial charge in [-0.15, -0.1) is 17.1 Å². The Kier molecular flexibility index (Phi) is 2.94. The number of thiophene rings is 1. The van der Waals surface area contributed by atoms with Crippen LogP contribution >= 0.6 is 23.1 Å². The summed E-state index contributed by atoms with van der Waals surface area (Å²) in [5.41, 5.74) is 10.0. The maximum Gasteiger partial charge on any atom is 0.0357 e. The number of hydrogen-bond donors (Lipinski definition) is 1. The summed E-state index contributed by atoms with van der Waals surface area (Å²) < 4.78 is 0. The lowest BCUT2D eigenvalue weighted by molar-refractivity contribution is 1.11. The second-order valence-corrected chi connectivity index (χ2v) is 5.26. The summed E-state index contributed by atoms with van der Waals surface area (Å²) in [5, 5.41) is 2.16. The summed E-state index contributed by atoms with van der Waals surface area (Å²) in [5.74, 6) is 0. The number of allylic oxidation sites excluding steroid dienone is 2. The third-order valence-corrected chi connectivity index (χ3v) is 3.94. The number of rotatable bonds is 2. The molecule has 3 heteroatoms. The van der Waals surface area contributed by atoms with Gasteiger partial charge >= 0.3 is 0 Å². The monoisotopic (exact) mass is 221 g/mol. The standard InChI is InChI=1S/C11H11NS2/c1-8-2-3-9(7-13-8)11-5-4-10(6-12)14-11/h3-5,7H,6,12H2,1H3. The van der Waals surface area contributed by atoms with E-state index < -0.39 is 0 Å². The van der Waals surface area contributed by atoms with Gasteiger partial charge in [-0.2, -0.15) is 0 Å². The molecule has 1 aromatic heterocycles. The quantitative estimate of drug-likeness (QED) is 0.775. The van der Waals surface area contributed by atoms with E-state index in [1.165, 1.54) is 20.2 Å². The highest BCUT2D eigenvalue weighted by atomic mass is 32.2. The third kappa shape index (κ3) is 2.02. The molecule has 2 rings (SSSR count). The van der Waals surface area contributed by atoms with Crippen molar-refractivity contribution in [2.45, 2.75) is 13.5 Å². The van der Waals surface area contributed by atoms with Gasteiger partial charge in [0.05, 0.1) is 0 Å². The lowest BCUT2D eigenvalue weighted by atomic mass is 10.2. The fourth-order valence-electron chi connectivity index (χ4n) is 1.17. The summed E-state index contributed by atoms with van der Waals surface area (Å²) in [7, 11) is 0. The normalized spacial score (nSPS) is 15.3. The first kappa shape index (κ1) is 9.81. The highest BCUT2D eigenvalue weighted by Crippen LogP contribution is 2.31. The van der Waals surface area contributed by atoms with E-state index >= 15 is 0 Å². The van der Waals surface area contributed by atoms with Crippen LogP contribution in [0.15, 0.2) is 34.3 Å². The molecule has 0 amide bonds. The van der Waals surface area contributed by atoms with Crippen molar-refractivity contribution < 1.29 is 0 Å². The van der Waals surface area contributed by atoms with E-state index in [1.54, 1.807) is 23.1 Å². The number of thioether (sulfide) groups is 1. The fraction of sp³-hybridized carbons (Fsp3) is 0.182. The molecule has 0 atom stereocenters. The first-order valence-electron chi connectivity index (χ1n) is 4.39. The van der Waals surface area contributed by atoms with Crippen LogP contribution in [0.3, 0.4) is 0 Å². The van der Waals surface area contributed by atoms with Gasteiger partial charge in [0.2, 0.25) is 0 Å². The van der Waals surface area contributed by atoms with E-state index in [0.29, 0.717) is 6.54 Å². The molecule has 0 unspecified atom stereocenters. The van der Waals surface area contributed by atoms with E-state index in [2.05, 4.69) is 30.2 Å². The Morgan fingerprint density at radius 1 is 1.43 bits per heavy atom. The van der Waals surface area contributed by atoms with Crippen molar-refractivity contribution >= 4 is 28.7 Å². The van der Waals surface area contributed by atoms with Crippen molar-refractivity contribution in [1.82, 2.24) is 0 Å². The molecule has 0 bridgehead atoms. The Morgan fingerprint density at radius 3 is 2.86 bits per heavy atom. The second-order valence-electron chi connectivity index (χ2n) is 3.01. The zero-order valence-electron chi connectivity index (χ0n) is 7.91. The summed E-state index contributed by atoms with van der Waals surface area (Å²) in [6.07, 6.45) is 2.04. The molecular weight excluding hydrogens is 210 g/mol. The van der Waals surface area contributed by atoms with Gasteiger partial charge in [0.1, 0.15) is 0 Å². The minimum atomic E-state index is 0.629. The zero-order valence-corrected chi connectivity index (χ0v) is 9.54.